The van der Waals surface area contributed by atoms with E-state index in [1.807, 2.05) is 48.0 Å². The number of fused-ring (bicyclic) bond motifs is 1. The number of nitrogens with zero attached hydrogens (tertiary/aromatic N) is 2. The van der Waals surface area contributed by atoms with Crippen molar-refractivity contribution in [1.29, 1.82) is 0 Å². The molecule has 0 saturated heterocycles. The van der Waals surface area contributed by atoms with Crippen LogP contribution in [0.25, 0.3) is 5.65 Å². The number of hydrogen-bond acceptors (Lipinski definition) is 2. The molecular formula is C16H14BrN3O. The van der Waals surface area contributed by atoms with Gasteiger partial charge in [0, 0.05) is 22.4 Å². The van der Waals surface area contributed by atoms with Crippen LogP contribution in [-0.4, -0.2) is 15.3 Å². The Hall–Kier alpha value is -2.14. The molecule has 0 saturated carbocycles. The molecule has 1 N–H and O–H groups in total. The number of hydrogen-bond donors (Lipinski definition) is 1. The Bertz CT molecular complexity index is 810. The van der Waals surface area contributed by atoms with Crippen molar-refractivity contribution in [2.75, 3.05) is 0 Å². The molecule has 0 atom stereocenters. The monoisotopic (exact) mass is 343 g/mol. The predicted octanol–water partition coefficient (Wildman–Crippen LogP) is 3.34. The fraction of sp³-hybridized carbons (Fsp3) is 0.125. The molecule has 21 heavy (non-hydrogen) atoms. The molecule has 0 fully saturated rings. The van der Waals surface area contributed by atoms with Crippen LogP contribution in [0.15, 0.2) is 53.3 Å². The minimum absolute atomic E-state index is 0.107. The number of aryl methyl sites for hydroxylation is 1. The topological polar surface area (TPSA) is 46.4 Å². The van der Waals surface area contributed by atoms with Crippen LogP contribution in [0.2, 0.25) is 0 Å². The van der Waals surface area contributed by atoms with Crippen molar-refractivity contribution in [1.82, 2.24) is 14.7 Å². The third-order valence-electron chi connectivity index (χ3n) is 3.17. The summed E-state index contributed by atoms with van der Waals surface area (Å²) in [5.74, 6) is -0.107. The maximum absolute atomic E-state index is 12.1. The smallest absolute Gasteiger partial charge is 0.251 e. The summed E-state index contributed by atoms with van der Waals surface area (Å²) in [5, 5.41) is 2.88. The molecule has 2 heterocycles. The summed E-state index contributed by atoms with van der Waals surface area (Å²) in [4.78, 5) is 16.5. The average molecular weight is 344 g/mol. The van der Waals surface area contributed by atoms with Gasteiger partial charge in [0.2, 0.25) is 0 Å². The van der Waals surface area contributed by atoms with E-state index < -0.39 is 0 Å². The van der Waals surface area contributed by atoms with Gasteiger partial charge in [0.1, 0.15) is 5.65 Å². The Kier molecular flexibility index (Phi) is 3.75. The molecule has 1 aromatic carbocycles. The van der Waals surface area contributed by atoms with Gasteiger partial charge in [-0.25, -0.2) is 4.98 Å². The van der Waals surface area contributed by atoms with Gasteiger partial charge < -0.3 is 9.72 Å². The van der Waals surface area contributed by atoms with Gasteiger partial charge in [-0.2, -0.15) is 0 Å². The van der Waals surface area contributed by atoms with Crippen molar-refractivity contribution in [3.8, 4) is 0 Å². The van der Waals surface area contributed by atoms with Crippen LogP contribution >= 0.6 is 15.9 Å². The van der Waals surface area contributed by atoms with Crippen molar-refractivity contribution < 1.29 is 4.79 Å². The van der Waals surface area contributed by atoms with Gasteiger partial charge >= 0.3 is 0 Å². The third kappa shape index (κ3) is 3.13. The van der Waals surface area contributed by atoms with Crippen LogP contribution < -0.4 is 5.32 Å². The van der Waals surface area contributed by atoms with Gasteiger partial charge in [-0.3, -0.25) is 4.79 Å². The fourth-order valence-electron chi connectivity index (χ4n) is 2.14. The Morgan fingerprint density at radius 2 is 2.14 bits per heavy atom. The average Bonchev–Trinajstić information content (AvgIpc) is 2.86. The predicted molar refractivity (Wildman–Crippen MR) is 85.2 cm³/mol. The Morgan fingerprint density at radius 1 is 1.29 bits per heavy atom. The van der Waals surface area contributed by atoms with E-state index in [0.717, 1.165) is 15.8 Å². The van der Waals surface area contributed by atoms with Gasteiger partial charge in [-0.15, -0.1) is 0 Å². The number of imidazole rings is 1. The molecule has 106 valence electrons. The van der Waals surface area contributed by atoms with E-state index in [0.29, 0.717) is 12.1 Å². The summed E-state index contributed by atoms with van der Waals surface area (Å²) in [5.41, 5.74) is 3.52. The highest BCUT2D eigenvalue weighted by molar-refractivity contribution is 9.10. The maximum Gasteiger partial charge on any atom is 0.251 e. The molecule has 2 aromatic heterocycles. The van der Waals surface area contributed by atoms with Crippen LogP contribution in [-0.2, 0) is 6.54 Å². The highest BCUT2D eigenvalue weighted by atomic mass is 79.9. The van der Waals surface area contributed by atoms with E-state index in [2.05, 4.69) is 26.2 Å². The van der Waals surface area contributed by atoms with Crippen molar-refractivity contribution in [2.45, 2.75) is 13.5 Å². The van der Waals surface area contributed by atoms with Gasteiger partial charge in [0.05, 0.1) is 12.2 Å². The van der Waals surface area contributed by atoms with Crippen molar-refractivity contribution in [3.05, 3.63) is 70.1 Å². The lowest BCUT2D eigenvalue weighted by Gasteiger charge is -2.03. The second-order valence-corrected chi connectivity index (χ2v) is 5.81. The molecule has 0 spiro atoms. The number of nitrogens with one attached hydrogen (secondary N) is 1. The van der Waals surface area contributed by atoms with Crippen LogP contribution in [0.3, 0.4) is 0 Å². The second kappa shape index (κ2) is 5.69. The zero-order valence-corrected chi connectivity index (χ0v) is 13.1. The summed E-state index contributed by atoms with van der Waals surface area (Å²) < 4.78 is 2.86. The molecule has 0 unspecified atom stereocenters. The number of benzene rings is 1. The summed E-state index contributed by atoms with van der Waals surface area (Å²) >= 11 is 3.36. The van der Waals surface area contributed by atoms with Gasteiger partial charge in [-0.1, -0.05) is 28.1 Å². The third-order valence-corrected chi connectivity index (χ3v) is 3.66. The first kappa shape index (κ1) is 13.8. The molecule has 4 nitrogen and oxygen atoms in total. The lowest BCUT2D eigenvalue weighted by molar-refractivity contribution is 0.0950. The Balaban J connectivity index is 1.72. The van der Waals surface area contributed by atoms with Gasteiger partial charge in [0.15, 0.2) is 0 Å². The number of carbonyl (C=O) groups excluding carboxylic acids is 1. The van der Waals surface area contributed by atoms with E-state index >= 15 is 0 Å². The first-order chi connectivity index (χ1) is 10.1. The maximum atomic E-state index is 12.1. The highest BCUT2D eigenvalue weighted by Gasteiger charge is 2.07. The number of pyridine rings is 1. The Morgan fingerprint density at radius 3 is 2.95 bits per heavy atom. The fourth-order valence-corrected chi connectivity index (χ4v) is 2.54. The van der Waals surface area contributed by atoms with Crippen molar-refractivity contribution in [3.63, 3.8) is 0 Å². The molecular weight excluding hydrogens is 330 g/mol. The number of aromatic nitrogens is 2. The molecule has 3 rings (SSSR count). The minimum atomic E-state index is -0.107. The van der Waals surface area contributed by atoms with E-state index in [9.17, 15) is 4.79 Å². The molecule has 5 heteroatoms. The molecule has 0 radical (unpaired) electrons. The van der Waals surface area contributed by atoms with Crippen molar-refractivity contribution >= 4 is 27.5 Å². The van der Waals surface area contributed by atoms with Crippen LogP contribution in [0.5, 0.6) is 0 Å². The molecule has 0 aliphatic heterocycles. The SMILES string of the molecule is Cc1ccc2nc(CNC(=O)c3cccc(Br)c3)cn2c1. The quantitative estimate of drug-likeness (QED) is 0.792. The number of amides is 1. The molecule has 0 aliphatic carbocycles. The van der Waals surface area contributed by atoms with Crippen LogP contribution in [0.1, 0.15) is 21.6 Å². The first-order valence-corrected chi connectivity index (χ1v) is 7.39. The Labute approximate surface area is 131 Å². The van der Waals surface area contributed by atoms with Crippen molar-refractivity contribution in [2.24, 2.45) is 0 Å². The van der Waals surface area contributed by atoms with E-state index in [1.54, 1.807) is 12.1 Å². The zero-order chi connectivity index (χ0) is 14.8. The molecule has 3 aromatic rings. The normalized spacial score (nSPS) is 10.8. The van der Waals surface area contributed by atoms with Gasteiger partial charge in [-0.05, 0) is 36.8 Å². The highest BCUT2D eigenvalue weighted by Crippen LogP contribution is 2.12. The first-order valence-electron chi connectivity index (χ1n) is 6.60. The molecule has 1 amide bonds. The summed E-state index contributed by atoms with van der Waals surface area (Å²) in [6, 6.07) is 11.3. The lowest BCUT2D eigenvalue weighted by Crippen LogP contribution is -2.22. The standard InChI is InChI=1S/C16H14BrN3O/c1-11-5-6-15-19-14(10-20(15)9-11)8-18-16(21)12-3-2-4-13(17)7-12/h2-7,9-10H,8H2,1H3,(H,18,21). The molecule has 0 aliphatic rings. The largest absolute Gasteiger partial charge is 0.346 e. The van der Waals surface area contributed by atoms with E-state index in [4.69, 9.17) is 0 Å². The van der Waals surface area contributed by atoms with Crippen LogP contribution in [0, 0.1) is 6.92 Å². The van der Waals surface area contributed by atoms with E-state index in [1.165, 1.54) is 5.56 Å². The number of halogens is 1. The summed E-state index contributed by atoms with van der Waals surface area (Å²) in [6.45, 7) is 2.44. The second-order valence-electron chi connectivity index (χ2n) is 4.90. The zero-order valence-electron chi connectivity index (χ0n) is 11.5. The van der Waals surface area contributed by atoms with Gasteiger partial charge in [0.25, 0.3) is 5.91 Å². The number of carbonyl (C=O) groups is 1. The van der Waals surface area contributed by atoms with Crippen LogP contribution in [0.4, 0.5) is 0 Å². The molecule has 0 bridgehead atoms. The van der Waals surface area contributed by atoms with E-state index in [-0.39, 0.29) is 5.91 Å². The number of rotatable bonds is 3. The summed E-state index contributed by atoms with van der Waals surface area (Å²) in [7, 11) is 0. The summed E-state index contributed by atoms with van der Waals surface area (Å²) in [6.07, 6.45) is 3.95. The lowest BCUT2D eigenvalue weighted by atomic mass is 10.2. The minimum Gasteiger partial charge on any atom is -0.346 e.